The van der Waals surface area contributed by atoms with Gasteiger partial charge in [0.2, 0.25) is 11.8 Å². The third-order valence-corrected chi connectivity index (χ3v) is 9.23. The van der Waals surface area contributed by atoms with Crippen LogP contribution in [0.5, 0.6) is 0 Å². The zero-order chi connectivity index (χ0) is 33.9. The molecular weight excluding hydrogens is 660 g/mol. The average molecular weight is 709 g/mol. The van der Waals surface area contributed by atoms with Gasteiger partial charge in [-0.1, -0.05) is 21.6 Å². The Morgan fingerprint density at radius 3 is 1.24 bits per heavy atom. The zero-order valence-corrected chi connectivity index (χ0v) is 27.0. The lowest BCUT2D eigenvalue weighted by atomic mass is 9.95. The molecule has 10 N–H and O–H groups in total. The summed E-state index contributed by atoms with van der Waals surface area (Å²) in [4.78, 5) is 23.8. The summed E-state index contributed by atoms with van der Waals surface area (Å²) >= 11 is 0. The third kappa shape index (κ3) is 14.7. The van der Waals surface area contributed by atoms with Crippen LogP contribution in [0.4, 0.5) is 0 Å². The first kappa shape index (κ1) is 41.3. The highest BCUT2D eigenvalue weighted by Gasteiger charge is 2.44. The van der Waals surface area contributed by atoms with E-state index in [4.69, 9.17) is 28.4 Å². The van der Waals surface area contributed by atoms with Crippen LogP contribution in [0.1, 0.15) is 0 Å². The molecule has 46 heavy (non-hydrogen) atoms. The number of carbonyl (C=O) groups excluding carboxylic acids is 2. The normalized spacial score (nSPS) is 31.5. The van der Waals surface area contributed by atoms with Gasteiger partial charge in [-0.2, -0.15) is 0 Å². The second-order valence-corrected chi connectivity index (χ2v) is 13.0. The van der Waals surface area contributed by atoms with Crippen LogP contribution in [-0.2, 0) is 38.0 Å². The summed E-state index contributed by atoms with van der Waals surface area (Å²) in [6.07, 6.45) is -12.8. The average Bonchev–Trinajstić information content (AvgIpc) is 3.05. The number of hydrogen-bond donors (Lipinski definition) is 10. The molecule has 2 rings (SSSR count). The first-order chi connectivity index (χ1) is 22.1. The van der Waals surface area contributed by atoms with E-state index in [0.717, 1.165) is 11.5 Å². The highest BCUT2D eigenvalue weighted by atomic mass is 33.1. The zero-order valence-electron chi connectivity index (χ0n) is 25.3. The van der Waals surface area contributed by atoms with Crippen LogP contribution in [0, 0.1) is 0 Å². The molecule has 2 aliphatic heterocycles. The van der Waals surface area contributed by atoms with Gasteiger partial charge in [-0.15, -0.1) is 0 Å². The fourth-order valence-corrected chi connectivity index (χ4v) is 6.02. The van der Waals surface area contributed by atoms with E-state index >= 15 is 0 Å². The Bertz CT molecular complexity index is 784. The molecule has 0 unspecified atom stereocenters. The molecule has 2 saturated heterocycles. The number of aliphatic hydroxyl groups is 8. The van der Waals surface area contributed by atoms with Gasteiger partial charge in [-0.25, -0.2) is 0 Å². The molecule has 0 radical (unpaired) electrons. The fourth-order valence-electron chi connectivity index (χ4n) is 4.30. The largest absolute Gasteiger partial charge is 0.394 e. The lowest BCUT2D eigenvalue weighted by Crippen LogP contribution is -2.60. The molecule has 0 saturated carbocycles. The van der Waals surface area contributed by atoms with Crippen molar-refractivity contribution in [1.82, 2.24) is 10.6 Å². The second-order valence-electron chi connectivity index (χ2n) is 10.3. The highest BCUT2D eigenvalue weighted by Crippen LogP contribution is 2.22. The van der Waals surface area contributed by atoms with Gasteiger partial charge in [0, 0.05) is 24.6 Å². The van der Waals surface area contributed by atoms with Crippen LogP contribution < -0.4 is 10.6 Å². The summed E-state index contributed by atoms with van der Waals surface area (Å²) in [5, 5.41) is 82.5. The van der Waals surface area contributed by atoms with Crippen LogP contribution in [0.2, 0.25) is 0 Å². The van der Waals surface area contributed by atoms with E-state index in [1.54, 1.807) is 21.6 Å². The molecule has 18 nitrogen and oxygen atoms in total. The van der Waals surface area contributed by atoms with Crippen LogP contribution in [0.25, 0.3) is 0 Å². The minimum absolute atomic E-state index is 0.133. The molecule has 0 aromatic heterocycles. The summed E-state index contributed by atoms with van der Waals surface area (Å²) in [5.74, 6) is 0.527. The molecule has 0 spiro atoms. The predicted molar refractivity (Wildman–Crippen MR) is 162 cm³/mol. The van der Waals surface area contributed by atoms with Gasteiger partial charge in [0.15, 0.2) is 0 Å². The topological polar surface area (TPSA) is 275 Å². The molecule has 0 aromatic rings. The molecule has 2 heterocycles. The lowest BCUT2D eigenvalue weighted by Gasteiger charge is -2.40. The van der Waals surface area contributed by atoms with E-state index in [1.807, 2.05) is 0 Å². The maximum atomic E-state index is 11.9. The predicted octanol–water partition coefficient (Wildman–Crippen LogP) is -5.65. The van der Waals surface area contributed by atoms with Gasteiger partial charge in [0.1, 0.15) is 74.3 Å². The molecule has 0 aliphatic carbocycles. The van der Waals surface area contributed by atoms with Crippen LogP contribution in [0.3, 0.4) is 0 Å². The van der Waals surface area contributed by atoms with Crippen LogP contribution >= 0.6 is 21.6 Å². The highest BCUT2D eigenvalue weighted by molar-refractivity contribution is 8.76. The summed E-state index contributed by atoms with van der Waals surface area (Å²) < 4.78 is 32.0. The first-order valence-corrected chi connectivity index (χ1v) is 17.3. The van der Waals surface area contributed by atoms with Gasteiger partial charge in [-0.05, 0) is 0 Å². The Hall–Kier alpha value is -0.920. The molecule has 0 aromatic carbocycles. The number of ether oxygens (including phenoxy) is 6. The Kier molecular flexibility index (Phi) is 21.0. The molecule has 2 aliphatic rings. The van der Waals surface area contributed by atoms with E-state index in [2.05, 4.69) is 10.6 Å². The van der Waals surface area contributed by atoms with Crippen molar-refractivity contribution in [3.63, 3.8) is 0 Å². The maximum absolute atomic E-state index is 11.9. The van der Waals surface area contributed by atoms with Crippen molar-refractivity contribution in [1.29, 1.82) is 0 Å². The van der Waals surface area contributed by atoms with Crippen molar-refractivity contribution in [2.45, 2.75) is 61.0 Å². The second kappa shape index (κ2) is 23.4. The van der Waals surface area contributed by atoms with Gasteiger partial charge < -0.3 is 79.9 Å². The maximum Gasteiger partial charge on any atom is 0.246 e. The van der Waals surface area contributed by atoms with E-state index in [9.17, 15) is 50.4 Å². The van der Waals surface area contributed by atoms with Crippen molar-refractivity contribution in [2.24, 2.45) is 0 Å². The van der Waals surface area contributed by atoms with Crippen LogP contribution in [-0.4, -0.2) is 204 Å². The Labute approximate surface area is 274 Å². The Balaban J connectivity index is 1.34. The monoisotopic (exact) mass is 708 g/mol. The molecule has 2 amide bonds. The van der Waals surface area contributed by atoms with E-state index in [0.29, 0.717) is 26.4 Å². The first-order valence-electron chi connectivity index (χ1n) is 14.8. The molecule has 10 atom stereocenters. The van der Waals surface area contributed by atoms with Crippen molar-refractivity contribution in [3.8, 4) is 0 Å². The van der Waals surface area contributed by atoms with Crippen molar-refractivity contribution in [2.75, 3.05) is 90.7 Å². The molecule has 20 heteroatoms. The molecule has 2 fully saturated rings. The van der Waals surface area contributed by atoms with E-state index < -0.39 is 86.1 Å². The quantitative estimate of drug-likeness (QED) is 0.0350. The lowest BCUT2D eigenvalue weighted by molar-refractivity contribution is -0.227. The van der Waals surface area contributed by atoms with Gasteiger partial charge in [0.05, 0.1) is 52.9 Å². The minimum atomic E-state index is -1.50. The van der Waals surface area contributed by atoms with Gasteiger partial charge in [0.25, 0.3) is 0 Å². The SMILES string of the molecule is O=C(COCCOCCSSCCOCCOCC(=O)NC[C@@H]1O[C@H](CO)[C@H](O)[C@H](O)[C@H]1O)NC[C@@H]1O[C@H](CO)[C@H](O)[C@H](O)[C@H]1O. The number of amides is 2. The smallest absolute Gasteiger partial charge is 0.246 e. The number of carbonyl (C=O) groups is 2. The van der Waals surface area contributed by atoms with Crippen molar-refractivity contribution < 1.29 is 78.9 Å². The number of nitrogens with one attached hydrogen (secondary N) is 2. The summed E-state index contributed by atoms with van der Waals surface area (Å²) in [7, 11) is 3.21. The Morgan fingerprint density at radius 1 is 0.522 bits per heavy atom. The van der Waals surface area contributed by atoms with Gasteiger partial charge in [-0.3, -0.25) is 9.59 Å². The molecule has 270 valence electrons. The van der Waals surface area contributed by atoms with Crippen LogP contribution in [0.15, 0.2) is 0 Å². The van der Waals surface area contributed by atoms with Crippen molar-refractivity contribution in [3.05, 3.63) is 0 Å². The third-order valence-electron chi connectivity index (χ3n) is 6.90. The summed E-state index contributed by atoms with van der Waals surface area (Å²) in [6, 6.07) is 0. The van der Waals surface area contributed by atoms with Crippen molar-refractivity contribution >= 4 is 33.4 Å². The number of aliphatic hydroxyl groups excluding tert-OH is 8. The van der Waals surface area contributed by atoms with Gasteiger partial charge >= 0.3 is 0 Å². The fraction of sp³-hybridized carbons (Fsp3) is 0.923. The molecular formula is C26H48N2O16S2. The summed E-state index contributed by atoms with van der Waals surface area (Å²) in [5.41, 5.74) is 0. The number of hydrogen-bond acceptors (Lipinski definition) is 18. The summed E-state index contributed by atoms with van der Waals surface area (Å²) in [6.45, 7) is 0.102. The standard InChI is InChI=1S/C26H48N2O16S2/c29-11-17-23(35)25(37)21(33)15(43-17)9-27-19(31)13-41-3-1-39-5-7-45-46-8-6-40-2-4-42-14-20(32)28-10-16-22(34)26(38)24(36)18(12-30)44-16/h15-18,21-26,29-30,33-38H,1-14H2,(H,27,31)(H,28,32)/t15-,16-,17+,18+,21-,22-,23-,24-,25+,26+/m0/s1. The minimum Gasteiger partial charge on any atom is -0.394 e. The molecule has 0 bridgehead atoms. The number of rotatable bonds is 23. The van der Waals surface area contributed by atoms with E-state index in [-0.39, 0.29) is 39.5 Å². The van der Waals surface area contributed by atoms with E-state index in [1.165, 1.54) is 0 Å². The Morgan fingerprint density at radius 2 is 0.870 bits per heavy atom.